The van der Waals surface area contributed by atoms with Crippen molar-refractivity contribution in [2.24, 2.45) is 0 Å². The van der Waals surface area contributed by atoms with Gasteiger partial charge in [0.25, 0.3) is 5.91 Å². The third kappa shape index (κ3) is 6.40. The number of phenolic OH excluding ortho intramolecular Hbond substituents is 1. The number of benzene rings is 2. The molecule has 1 fully saturated rings. The number of aromatic hydroxyl groups is 1. The Kier molecular flexibility index (Phi) is 8.77. The predicted molar refractivity (Wildman–Crippen MR) is 125 cm³/mol. The Morgan fingerprint density at radius 1 is 1.13 bits per heavy atom. The molecule has 1 aliphatic rings. The van der Waals surface area contributed by atoms with Gasteiger partial charge in [-0.3, -0.25) is 4.79 Å². The molecule has 2 aromatic carbocycles. The van der Waals surface area contributed by atoms with Crippen molar-refractivity contribution in [2.45, 2.75) is 20.3 Å². The minimum Gasteiger partial charge on any atom is -0.508 e. The molecule has 1 aliphatic heterocycles. The number of rotatable bonds is 6. The highest BCUT2D eigenvalue weighted by molar-refractivity contribution is 5.97. The predicted octanol–water partition coefficient (Wildman–Crippen LogP) is 3.32. The van der Waals surface area contributed by atoms with E-state index in [0.29, 0.717) is 13.0 Å². The number of carbonyl (C=O) groups is 1. The fourth-order valence-electron chi connectivity index (χ4n) is 3.57. The second-order valence-corrected chi connectivity index (χ2v) is 7.57. The Bertz CT molecular complexity index is 959. The summed E-state index contributed by atoms with van der Waals surface area (Å²) >= 11 is 0. The number of nitrogens with zero attached hydrogens (tertiary/aromatic N) is 3. The maximum atomic E-state index is 12.4. The Labute approximate surface area is 190 Å². The zero-order valence-corrected chi connectivity index (χ0v) is 18.8. The Hall–Kier alpha value is -3.17. The second kappa shape index (κ2) is 11.3. The molecule has 0 unspecified atom stereocenters. The van der Waals surface area contributed by atoms with Crippen molar-refractivity contribution in [3.8, 4) is 11.8 Å². The van der Waals surface area contributed by atoms with Crippen LogP contribution in [0.4, 0.5) is 5.69 Å². The largest absolute Gasteiger partial charge is 0.508 e. The van der Waals surface area contributed by atoms with E-state index in [2.05, 4.69) is 42.3 Å². The number of nitriles is 1. The lowest BCUT2D eigenvalue weighted by Gasteiger charge is -2.36. The molecule has 0 atom stereocenters. The molecule has 164 valence electrons. The van der Waals surface area contributed by atoms with E-state index >= 15 is 0 Å². The van der Waals surface area contributed by atoms with E-state index in [9.17, 15) is 15.2 Å². The lowest BCUT2D eigenvalue weighted by Crippen LogP contribution is -2.44. The van der Waals surface area contributed by atoms with Gasteiger partial charge in [0.2, 0.25) is 0 Å². The van der Waals surface area contributed by atoms with Crippen molar-refractivity contribution in [3.63, 3.8) is 0 Å². The van der Waals surface area contributed by atoms with Gasteiger partial charge in [0.05, 0.1) is 0 Å². The number of amides is 1. The van der Waals surface area contributed by atoms with Crippen molar-refractivity contribution >= 4 is 24.0 Å². The number of hydrogen-bond acceptors (Lipinski definition) is 5. The maximum absolute atomic E-state index is 12.4. The Morgan fingerprint density at radius 2 is 1.81 bits per heavy atom. The standard InChI is InChI=1S/C24H28N4O2.ClH/c1-18-4-3-5-23(19(18)2)28-14-12-27(13-15-28)17-21(16-25)24(30)26-11-10-20-6-8-22(29)9-7-20;/h3-9,17,29H,10-15H2,1-2H3,(H,26,30);1H/b21-17-;. The fraction of sp³-hybridized carbons (Fsp3) is 0.333. The number of piperazine rings is 1. The third-order valence-electron chi connectivity index (χ3n) is 5.54. The summed E-state index contributed by atoms with van der Waals surface area (Å²) in [6.45, 7) is 7.93. The minimum absolute atomic E-state index is 0. The average molecular weight is 441 g/mol. The van der Waals surface area contributed by atoms with Gasteiger partial charge in [0, 0.05) is 44.6 Å². The van der Waals surface area contributed by atoms with E-state index in [1.165, 1.54) is 16.8 Å². The van der Waals surface area contributed by atoms with Crippen LogP contribution in [0.15, 0.2) is 54.2 Å². The van der Waals surface area contributed by atoms with Gasteiger partial charge in [-0.1, -0.05) is 24.3 Å². The molecule has 1 saturated heterocycles. The molecule has 0 bridgehead atoms. The molecule has 7 heteroatoms. The molecular formula is C24H29ClN4O2. The van der Waals surface area contributed by atoms with E-state index in [-0.39, 0.29) is 29.6 Å². The van der Waals surface area contributed by atoms with Crippen molar-refractivity contribution in [1.82, 2.24) is 10.2 Å². The normalized spacial score (nSPS) is 13.9. The van der Waals surface area contributed by atoms with Crippen LogP contribution >= 0.6 is 12.4 Å². The second-order valence-electron chi connectivity index (χ2n) is 7.57. The highest BCUT2D eigenvalue weighted by atomic mass is 35.5. The van der Waals surface area contributed by atoms with E-state index in [4.69, 9.17) is 0 Å². The summed E-state index contributed by atoms with van der Waals surface area (Å²) in [5, 5.41) is 21.5. The summed E-state index contributed by atoms with van der Waals surface area (Å²) in [4.78, 5) is 16.8. The van der Waals surface area contributed by atoms with Crippen LogP contribution in [0.5, 0.6) is 5.75 Å². The van der Waals surface area contributed by atoms with Crippen LogP contribution in [0.3, 0.4) is 0 Å². The zero-order valence-electron chi connectivity index (χ0n) is 18.0. The highest BCUT2D eigenvalue weighted by Crippen LogP contribution is 2.24. The molecule has 2 aromatic rings. The first-order chi connectivity index (χ1) is 14.5. The van der Waals surface area contributed by atoms with E-state index in [1.807, 2.05) is 23.1 Å². The lowest BCUT2D eigenvalue weighted by atomic mass is 10.1. The van der Waals surface area contributed by atoms with Crippen LogP contribution in [-0.2, 0) is 11.2 Å². The summed E-state index contributed by atoms with van der Waals surface area (Å²) in [6, 6.07) is 15.3. The number of hydrogen-bond donors (Lipinski definition) is 2. The van der Waals surface area contributed by atoms with Crippen LogP contribution in [-0.4, -0.2) is 48.6 Å². The topological polar surface area (TPSA) is 79.6 Å². The molecule has 6 nitrogen and oxygen atoms in total. The van der Waals surface area contributed by atoms with Crippen molar-refractivity contribution in [1.29, 1.82) is 5.26 Å². The minimum atomic E-state index is -0.353. The first kappa shape index (κ1) is 24.1. The van der Waals surface area contributed by atoms with Gasteiger partial charge in [-0.05, 0) is 55.2 Å². The average Bonchev–Trinajstić information content (AvgIpc) is 2.76. The smallest absolute Gasteiger partial charge is 0.263 e. The molecule has 2 N–H and O–H groups in total. The number of anilines is 1. The lowest BCUT2D eigenvalue weighted by molar-refractivity contribution is -0.117. The van der Waals surface area contributed by atoms with Crippen LogP contribution in [0.2, 0.25) is 0 Å². The monoisotopic (exact) mass is 440 g/mol. The molecule has 1 heterocycles. The molecule has 0 aliphatic carbocycles. The van der Waals surface area contributed by atoms with E-state index in [1.54, 1.807) is 18.3 Å². The van der Waals surface area contributed by atoms with Gasteiger partial charge in [0.15, 0.2) is 0 Å². The molecule has 31 heavy (non-hydrogen) atoms. The highest BCUT2D eigenvalue weighted by Gasteiger charge is 2.19. The van der Waals surface area contributed by atoms with Crippen LogP contribution < -0.4 is 10.2 Å². The van der Waals surface area contributed by atoms with Crippen LogP contribution in [0, 0.1) is 25.2 Å². The molecule has 0 saturated carbocycles. The van der Waals surface area contributed by atoms with Gasteiger partial charge in [-0.2, -0.15) is 5.26 Å². The summed E-state index contributed by atoms with van der Waals surface area (Å²) in [7, 11) is 0. The first-order valence-corrected chi connectivity index (χ1v) is 10.2. The Morgan fingerprint density at radius 3 is 2.45 bits per heavy atom. The van der Waals surface area contributed by atoms with Crippen molar-refractivity contribution in [2.75, 3.05) is 37.6 Å². The van der Waals surface area contributed by atoms with Gasteiger partial charge < -0.3 is 20.2 Å². The summed E-state index contributed by atoms with van der Waals surface area (Å²) in [5.41, 5.74) is 4.97. The van der Waals surface area contributed by atoms with Crippen molar-refractivity contribution in [3.05, 3.63) is 70.9 Å². The molecule has 0 radical (unpaired) electrons. The molecule has 3 rings (SSSR count). The van der Waals surface area contributed by atoms with Crippen LogP contribution in [0.1, 0.15) is 16.7 Å². The SMILES string of the molecule is Cc1cccc(N2CCN(/C=C(/C#N)C(=O)NCCc3ccc(O)cc3)CC2)c1C.Cl. The molecule has 0 aromatic heterocycles. The van der Waals surface area contributed by atoms with Crippen molar-refractivity contribution < 1.29 is 9.90 Å². The number of carbonyl (C=O) groups excluding carboxylic acids is 1. The summed E-state index contributed by atoms with van der Waals surface area (Å²) in [5.74, 6) is -0.136. The zero-order chi connectivity index (χ0) is 21.5. The fourth-order valence-corrected chi connectivity index (χ4v) is 3.57. The number of phenols is 1. The molecule has 0 spiro atoms. The third-order valence-corrected chi connectivity index (χ3v) is 5.54. The van der Waals surface area contributed by atoms with Gasteiger partial charge in [0.1, 0.15) is 17.4 Å². The van der Waals surface area contributed by atoms with Gasteiger partial charge >= 0.3 is 0 Å². The maximum Gasteiger partial charge on any atom is 0.263 e. The number of nitrogens with one attached hydrogen (secondary N) is 1. The van der Waals surface area contributed by atoms with E-state index in [0.717, 1.165) is 31.7 Å². The first-order valence-electron chi connectivity index (χ1n) is 10.2. The molecule has 1 amide bonds. The van der Waals surface area contributed by atoms with Gasteiger partial charge in [-0.25, -0.2) is 0 Å². The van der Waals surface area contributed by atoms with Crippen LogP contribution in [0.25, 0.3) is 0 Å². The summed E-state index contributed by atoms with van der Waals surface area (Å²) < 4.78 is 0. The Balaban J connectivity index is 0.00000341. The number of halogens is 1. The van der Waals surface area contributed by atoms with Gasteiger partial charge in [-0.15, -0.1) is 12.4 Å². The van der Waals surface area contributed by atoms with E-state index < -0.39 is 0 Å². The molecular weight excluding hydrogens is 412 g/mol. The number of aryl methyl sites for hydroxylation is 1. The quantitative estimate of drug-likeness (QED) is 0.532. The summed E-state index contributed by atoms with van der Waals surface area (Å²) in [6.07, 6.45) is 2.32.